The summed E-state index contributed by atoms with van der Waals surface area (Å²) in [5.74, 6) is 0.807. The molecule has 0 atom stereocenters. The molecular weight excluding hydrogens is 410 g/mol. The highest BCUT2D eigenvalue weighted by Crippen LogP contribution is 2.34. The minimum Gasteiger partial charge on any atom is -0.497 e. The Morgan fingerprint density at radius 3 is 2.52 bits per heavy atom. The lowest BCUT2D eigenvalue weighted by atomic mass is 10.2. The molecule has 4 rings (SSSR count). The van der Waals surface area contributed by atoms with Gasteiger partial charge in [-0.3, -0.25) is 14.6 Å². The van der Waals surface area contributed by atoms with Gasteiger partial charge in [0.25, 0.3) is 5.91 Å². The second-order valence-corrected chi connectivity index (χ2v) is 8.39. The number of amidine groups is 1. The zero-order chi connectivity index (χ0) is 21.5. The normalized spacial score (nSPS) is 20.0. The zero-order valence-corrected chi connectivity index (χ0v) is 18.5. The Hall–Kier alpha value is -2.61. The maximum absolute atomic E-state index is 13.2. The van der Waals surface area contributed by atoms with E-state index in [4.69, 9.17) is 14.5 Å². The standard InChI is InChI=1S/C24H27N3O3S/c1-29-21-10-8-19(9-11-21)18-22-23(28)27(13-5-12-26-14-16-30-17-15-26)24(31-22)25-20-6-3-2-4-7-20/h2-4,6-11,18H,5,12-17H2,1H3. The van der Waals surface area contributed by atoms with Gasteiger partial charge in [0.05, 0.1) is 30.9 Å². The molecule has 1 amide bonds. The van der Waals surface area contributed by atoms with Gasteiger partial charge in [0.2, 0.25) is 0 Å². The van der Waals surface area contributed by atoms with Crippen molar-refractivity contribution in [1.29, 1.82) is 0 Å². The fourth-order valence-corrected chi connectivity index (χ4v) is 4.55. The van der Waals surface area contributed by atoms with Crippen molar-refractivity contribution in [1.82, 2.24) is 9.80 Å². The lowest BCUT2D eigenvalue weighted by Crippen LogP contribution is -2.38. The van der Waals surface area contributed by atoms with Crippen LogP contribution in [0.4, 0.5) is 5.69 Å². The van der Waals surface area contributed by atoms with Gasteiger partial charge in [0.1, 0.15) is 5.75 Å². The largest absolute Gasteiger partial charge is 0.497 e. The van der Waals surface area contributed by atoms with Gasteiger partial charge in [0, 0.05) is 26.2 Å². The predicted molar refractivity (Wildman–Crippen MR) is 126 cm³/mol. The van der Waals surface area contributed by atoms with Crippen LogP contribution in [0.25, 0.3) is 6.08 Å². The van der Waals surface area contributed by atoms with Crippen molar-refractivity contribution >= 4 is 34.6 Å². The van der Waals surface area contributed by atoms with Crippen molar-refractivity contribution in [2.75, 3.05) is 46.5 Å². The number of hydrogen-bond acceptors (Lipinski definition) is 6. The lowest BCUT2D eigenvalue weighted by Gasteiger charge is -2.27. The Balaban J connectivity index is 1.51. The third kappa shape index (κ3) is 5.76. The van der Waals surface area contributed by atoms with Crippen LogP contribution in [0.2, 0.25) is 0 Å². The smallest absolute Gasteiger partial charge is 0.266 e. The molecule has 6 nitrogen and oxygen atoms in total. The van der Waals surface area contributed by atoms with Crippen molar-refractivity contribution in [3.8, 4) is 5.75 Å². The Kier molecular flexibility index (Phi) is 7.40. The molecule has 2 saturated heterocycles. The first-order valence-corrected chi connectivity index (χ1v) is 11.3. The van der Waals surface area contributed by atoms with Gasteiger partial charge in [0.15, 0.2) is 5.17 Å². The molecule has 0 aliphatic carbocycles. The number of carbonyl (C=O) groups is 1. The third-order valence-corrected chi connectivity index (χ3v) is 6.25. The second-order valence-electron chi connectivity index (χ2n) is 7.38. The highest BCUT2D eigenvalue weighted by Gasteiger charge is 2.33. The van der Waals surface area contributed by atoms with Gasteiger partial charge in [-0.25, -0.2) is 4.99 Å². The first kappa shape index (κ1) is 21.6. The molecule has 0 unspecified atom stereocenters. The summed E-state index contributed by atoms with van der Waals surface area (Å²) in [6, 6.07) is 17.5. The van der Waals surface area contributed by atoms with E-state index in [1.807, 2.05) is 65.6 Å². The quantitative estimate of drug-likeness (QED) is 0.613. The van der Waals surface area contributed by atoms with E-state index in [0.29, 0.717) is 11.4 Å². The van der Waals surface area contributed by atoms with Crippen molar-refractivity contribution in [3.63, 3.8) is 0 Å². The van der Waals surface area contributed by atoms with Crippen LogP contribution in [0.5, 0.6) is 5.75 Å². The summed E-state index contributed by atoms with van der Waals surface area (Å²) in [7, 11) is 1.64. The second kappa shape index (κ2) is 10.6. The van der Waals surface area contributed by atoms with Crippen molar-refractivity contribution in [2.45, 2.75) is 6.42 Å². The number of thioether (sulfide) groups is 1. The lowest BCUT2D eigenvalue weighted by molar-refractivity contribution is -0.122. The molecule has 0 N–H and O–H groups in total. The van der Waals surface area contributed by atoms with Gasteiger partial charge in [-0.1, -0.05) is 30.3 Å². The molecule has 7 heteroatoms. The number of rotatable bonds is 7. The van der Waals surface area contributed by atoms with Crippen LogP contribution in [0.15, 0.2) is 64.5 Å². The van der Waals surface area contributed by atoms with Crippen LogP contribution in [-0.4, -0.2) is 67.4 Å². The Morgan fingerprint density at radius 1 is 1.06 bits per heavy atom. The van der Waals surface area contributed by atoms with Crippen LogP contribution in [-0.2, 0) is 9.53 Å². The highest BCUT2D eigenvalue weighted by atomic mass is 32.2. The average Bonchev–Trinajstić information content (AvgIpc) is 3.10. The Labute approximate surface area is 187 Å². The van der Waals surface area contributed by atoms with E-state index in [1.54, 1.807) is 7.11 Å². The van der Waals surface area contributed by atoms with Crippen molar-refractivity contribution in [3.05, 3.63) is 65.1 Å². The molecule has 2 aromatic rings. The number of morpholine rings is 1. The summed E-state index contributed by atoms with van der Waals surface area (Å²) in [6.45, 7) is 5.08. The molecule has 0 bridgehead atoms. The molecule has 0 aromatic heterocycles. The van der Waals surface area contributed by atoms with Crippen molar-refractivity contribution < 1.29 is 14.3 Å². The molecule has 162 valence electrons. The number of para-hydroxylation sites is 1. The molecule has 2 aliphatic heterocycles. The zero-order valence-electron chi connectivity index (χ0n) is 17.7. The molecule has 2 fully saturated rings. The summed E-state index contributed by atoms with van der Waals surface area (Å²) in [4.78, 5) is 22.9. The van der Waals surface area contributed by atoms with Crippen LogP contribution in [0.3, 0.4) is 0 Å². The molecule has 31 heavy (non-hydrogen) atoms. The maximum atomic E-state index is 13.2. The highest BCUT2D eigenvalue weighted by molar-refractivity contribution is 8.18. The fraction of sp³-hybridized carbons (Fsp3) is 0.333. The maximum Gasteiger partial charge on any atom is 0.266 e. The topological polar surface area (TPSA) is 54.4 Å². The number of carbonyl (C=O) groups excluding carboxylic acids is 1. The van der Waals surface area contributed by atoms with Gasteiger partial charge in [-0.2, -0.15) is 0 Å². The monoisotopic (exact) mass is 437 g/mol. The SMILES string of the molecule is COc1ccc(C=C2SC(=Nc3ccccc3)N(CCCN3CCOCC3)C2=O)cc1. The summed E-state index contributed by atoms with van der Waals surface area (Å²) >= 11 is 1.44. The Morgan fingerprint density at radius 2 is 1.81 bits per heavy atom. The van der Waals surface area contributed by atoms with E-state index in [1.165, 1.54) is 11.8 Å². The van der Waals surface area contributed by atoms with Gasteiger partial charge in [-0.05, 0) is 54.1 Å². The fourth-order valence-electron chi connectivity index (χ4n) is 3.53. The van der Waals surface area contributed by atoms with Gasteiger partial charge < -0.3 is 9.47 Å². The number of amides is 1. The van der Waals surface area contributed by atoms with E-state index in [2.05, 4.69) is 4.90 Å². The predicted octanol–water partition coefficient (Wildman–Crippen LogP) is 4.02. The average molecular weight is 438 g/mol. The number of hydrogen-bond donors (Lipinski definition) is 0. The number of nitrogens with zero attached hydrogens (tertiary/aromatic N) is 3. The van der Waals surface area contributed by atoms with Crippen LogP contribution in [0, 0.1) is 0 Å². The number of ether oxygens (including phenoxy) is 2. The molecule has 2 heterocycles. The number of methoxy groups -OCH3 is 1. The number of benzene rings is 2. The minimum atomic E-state index is 0.0116. The molecule has 2 aromatic carbocycles. The first-order valence-electron chi connectivity index (χ1n) is 10.5. The van der Waals surface area contributed by atoms with Gasteiger partial charge in [-0.15, -0.1) is 0 Å². The van der Waals surface area contributed by atoms with E-state index in [0.717, 1.165) is 61.4 Å². The molecule has 2 aliphatic rings. The van der Waals surface area contributed by atoms with Gasteiger partial charge >= 0.3 is 0 Å². The summed E-state index contributed by atoms with van der Waals surface area (Å²) in [6.07, 6.45) is 2.82. The summed E-state index contributed by atoms with van der Waals surface area (Å²) in [5.41, 5.74) is 1.81. The minimum absolute atomic E-state index is 0.0116. The van der Waals surface area contributed by atoms with E-state index in [9.17, 15) is 4.79 Å². The molecular formula is C24H27N3O3S. The summed E-state index contributed by atoms with van der Waals surface area (Å²) < 4.78 is 10.6. The van der Waals surface area contributed by atoms with Crippen molar-refractivity contribution in [2.24, 2.45) is 4.99 Å². The van der Waals surface area contributed by atoms with Crippen LogP contribution >= 0.6 is 11.8 Å². The van der Waals surface area contributed by atoms with E-state index >= 15 is 0 Å². The summed E-state index contributed by atoms with van der Waals surface area (Å²) in [5, 5.41) is 0.734. The molecule has 0 spiro atoms. The Bertz CT molecular complexity index is 938. The molecule has 0 radical (unpaired) electrons. The van der Waals surface area contributed by atoms with Crippen LogP contribution < -0.4 is 4.74 Å². The van der Waals surface area contributed by atoms with Crippen LogP contribution in [0.1, 0.15) is 12.0 Å². The number of aliphatic imine (C=N–C) groups is 1. The third-order valence-electron chi connectivity index (χ3n) is 5.24. The molecule has 0 saturated carbocycles. The first-order chi connectivity index (χ1) is 15.2. The van der Waals surface area contributed by atoms with E-state index in [-0.39, 0.29) is 5.91 Å². The van der Waals surface area contributed by atoms with E-state index < -0.39 is 0 Å².